The van der Waals surface area contributed by atoms with Crippen LogP contribution < -0.4 is 11.1 Å². The van der Waals surface area contributed by atoms with Gasteiger partial charge >= 0.3 is 0 Å². The zero-order valence-corrected chi connectivity index (χ0v) is 10.9. The van der Waals surface area contributed by atoms with Crippen molar-refractivity contribution in [2.24, 2.45) is 17.6 Å². The molecule has 1 amide bonds. The predicted molar refractivity (Wildman–Crippen MR) is 67.0 cm³/mol. The van der Waals surface area contributed by atoms with Crippen molar-refractivity contribution < 1.29 is 4.79 Å². The lowest BCUT2D eigenvalue weighted by Crippen LogP contribution is -2.46. The number of hydrogen-bond acceptors (Lipinski definition) is 2. The zero-order chi connectivity index (χ0) is 12.2. The maximum atomic E-state index is 12.0. The lowest BCUT2D eigenvalue weighted by molar-refractivity contribution is -0.126. The van der Waals surface area contributed by atoms with E-state index < -0.39 is 0 Å². The van der Waals surface area contributed by atoms with Crippen LogP contribution in [0.4, 0.5) is 0 Å². The Labute approximate surface area is 99.2 Å². The van der Waals surface area contributed by atoms with Gasteiger partial charge in [-0.2, -0.15) is 0 Å². The summed E-state index contributed by atoms with van der Waals surface area (Å²) in [5, 5.41) is 3.03. The predicted octanol–water partition coefficient (Wildman–Crippen LogP) is 2.06. The van der Waals surface area contributed by atoms with Crippen LogP contribution in [0.5, 0.6) is 0 Å². The molecule has 0 saturated heterocycles. The average Bonchev–Trinajstić information content (AvgIpc) is 2.63. The standard InChI is InChI=1S/C13H26N2O/c1-13(2,3)15-12(16)11(9-14)8-10-6-4-5-7-10/h10-11H,4-9,14H2,1-3H3,(H,15,16). The van der Waals surface area contributed by atoms with E-state index in [-0.39, 0.29) is 17.4 Å². The van der Waals surface area contributed by atoms with Crippen LogP contribution in [0.15, 0.2) is 0 Å². The first-order chi connectivity index (χ1) is 7.42. The van der Waals surface area contributed by atoms with Gasteiger partial charge in [-0.05, 0) is 33.1 Å². The van der Waals surface area contributed by atoms with Gasteiger partial charge < -0.3 is 11.1 Å². The zero-order valence-electron chi connectivity index (χ0n) is 10.9. The second kappa shape index (κ2) is 5.67. The Balaban J connectivity index is 2.43. The Morgan fingerprint density at radius 2 is 1.94 bits per heavy atom. The molecule has 1 unspecified atom stereocenters. The van der Waals surface area contributed by atoms with Crippen LogP contribution in [-0.2, 0) is 4.79 Å². The highest BCUT2D eigenvalue weighted by Crippen LogP contribution is 2.30. The number of hydrogen-bond donors (Lipinski definition) is 2. The monoisotopic (exact) mass is 226 g/mol. The van der Waals surface area contributed by atoms with Crippen molar-refractivity contribution in [3.05, 3.63) is 0 Å². The maximum absolute atomic E-state index is 12.0. The quantitative estimate of drug-likeness (QED) is 0.771. The molecule has 0 heterocycles. The first-order valence-electron chi connectivity index (χ1n) is 6.44. The molecule has 16 heavy (non-hydrogen) atoms. The van der Waals surface area contributed by atoms with Gasteiger partial charge in [0.2, 0.25) is 5.91 Å². The van der Waals surface area contributed by atoms with E-state index in [0.29, 0.717) is 6.54 Å². The van der Waals surface area contributed by atoms with Crippen LogP contribution in [0.2, 0.25) is 0 Å². The van der Waals surface area contributed by atoms with Gasteiger partial charge in [-0.25, -0.2) is 0 Å². The van der Waals surface area contributed by atoms with Crippen molar-refractivity contribution in [2.75, 3.05) is 6.54 Å². The Morgan fingerprint density at radius 1 is 1.38 bits per heavy atom. The third-order valence-corrected chi connectivity index (χ3v) is 3.25. The van der Waals surface area contributed by atoms with Gasteiger partial charge in [0.1, 0.15) is 0 Å². The molecule has 1 rings (SSSR count). The molecule has 1 fully saturated rings. The van der Waals surface area contributed by atoms with E-state index in [1.165, 1.54) is 25.7 Å². The van der Waals surface area contributed by atoms with E-state index in [4.69, 9.17) is 5.73 Å². The summed E-state index contributed by atoms with van der Waals surface area (Å²) in [6, 6.07) is 0. The summed E-state index contributed by atoms with van der Waals surface area (Å²) >= 11 is 0. The number of rotatable bonds is 4. The Bertz CT molecular complexity index is 227. The topological polar surface area (TPSA) is 55.1 Å². The van der Waals surface area contributed by atoms with Crippen molar-refractivity contribution >= 4 is 5.91 Å². The summed E-state index contributed by atoms with van der Waals surface area (Å²) in [5.74, 6) is 0.850. The van der Waals surface area contributed by atoms with Crippen molar-refractivity contribution in [3.8, 4) is 0 Å². The minimum absolute atomic E-state index is 0.00215. The van der Waals surface area contributed by atoms with Crippen LogP contribution in [0.1, 0.15) is 52.9 Å². The Hall–Kier alpha value is -0.570. The van der Waals surface area contributed by atoms with E-state index in [2.05, 4.69) is 5.32 Å². The van der Waals surface area contributed by atoms with E-state index in [1.54, 1.807) is 0 Å². The average molecular weight is 226 g/mol. The van der Waals surface area contributed by atoms with Gasteiger partial charge in [0, 0.05) is 12.1 Å². The van der Waals surface area contributed by atoms with Crippen molar-refractivity contribution in [1.82, 2.24) is 5.32 Å². The van der Waals surface area contributed by atoms with Gasteiger partial charge in [0.25, 0.3) is 0 Å². The largest absolute Gasteiger partial charge is 0.351 e. The molecule has 0 aliphatic heterocycles. The smallest absolute Gasteiger partial charge is 0.224 e. The number of carbonyl (C=O) groups is 1. The molecule has 3 N–H and O–H groups in total. The van der Waals surface area contributed by atoms with Gasteiger partial charge in [0.05, 0.1) is 5.92 Å². The molecule has 1 aliphatic carbocycles. The molecule has 1 saturated carbocycles. The minimum Gasteiger partial charge on any atom is -0.351 e. The van der Waals surface area contributed by atoms with E-state index in [1.807, 2.05) is 20.8 Å². The van der Waals surface area contributed by atoms with Crippen molar-refractivity contribution in [1.29, 1.82) is 0 Å². The normalized spacial score (nSPS) is 19.8. The second-order valence-corrected chi connectivity index (χ2v) is 6.06. The SMILES string of the molecule is CC(C)(C)NC(=O)C(CN)CC1CCCC1. The number of nitrogens with two attached hydrogens (primary N) is 1. The first-order valence-corrected chi connectivity index (χ1v) is 6.44. The Morgan fingerprint density at radius 3 is 2.38 bits per heavy atom. The highest BCUT2D eigenvalue weighted by Gasteiger charge is 2.26. The van der Waals surface area contributed by atoms with Gasteiger partial charge in [0.15, 0.2) is 0 Å². The molecule has 0 bridgehead atoms. The second-order valence-electron chi connectivity index (χ2n) is 6.06. The fourth-order valence-corrected chi connectivity index (χ4v) is 2.43. The molecule has 94 valence electrons. The summed E-state index contributed by atoms with van der Waals surface area (Å²) in [7, 11) is 0. The molecule has 0 aromatic rings. The molecular formula is C13H26N2O. The van der Waals surface area contributed by atoms with Gasteiger partial charge in [-0.15, -0.1) is 0 Å². The number of nitrogens with one attached hydrogen (secondary N) is 1. The summed E-state index contributed by atoms with van der Waals surface area (Å²) in [5.41, 5.74) is 5.56. The van der Waals surface area contributed by atoms with Crippen molar-refractivity contribution in [3.63, 3.8) is 0 Å². The van der Waals surface area contributed by atoms with Crippen LogP contribution >= 0.6 is 0 Å². The molecular weight excluding hydrogens is 200 g/mol. The summed E-state index contributed by atoms with van der Waals surface area (Å²) < 4.78 is 0. The number of amides is 1. The van der Waals surface area contributed by atoms with Gasteiger partial charge in [-0.1, -0.05) is 25.7 Å². The van der Waals surface area contributed by atoms with Crippen LogP contribution in [0.25, 0.3) is 0 Å². The van der Waals surface area contributed by atoms with E-state index >= 15 is 0 Å². The third kappa shape index (κ3) is 4.52. The molecule has 0 aromatic heterocycles. The molecule has 0 radical (unpaired) electrons. The summed E-state index contributed by atoms with van der Waals surface area (Å²) in [6.45, 7) is 6.49. The highest BCUT2D eigenvalue weighted by atomic mass is 16.2. The van der Waals surface area contributed by atoms with Crippen LogP contribution in [-0.4, -0.2) is 18.0 Å². The molecule has 1 atom stereocenters. The summed E-state index contributed by atoms with van der Waals surface area (Å²) in [4.78, 5) is 12.0. The minimum atomic E-state index is -0.153. The van der Waals surface area contributed by atoms with Crippen LogP contribution in [0, 0.1) is 11.8 Å². The highest BCUT2D eigenvalue weighted by molar-refractivity contribution is 5.79. The van der Waals surface area contributed by atoms with Crippen molar-refractivity contribution in [2.45, 2.75) is 58.4 Å². The van der Waals surface area contributed by atoms with Crippen LogP contribution in [0.3, 0.4) is 0 Å². The number of carbonyl (C=O) groups excluding carboxylic acids is 1. The van der Waals surface area contributed by atoms with E-state index in [0.717, 1.165) is 12.3 Å². The lowest BCUT2D eigenvalue weighted by atomic mass is 9.92. The third-order valence-electron chi connectivity index (χ3n) is 3.25. The van der Waals surface area contributed by atoms with Gasteiger partial charge in [-0.3, -0.25) is 4.79 Å². The molecule has 0 aromatic carbocycles. The lowest BCUT2D eigenvalue weighted by Gasteiger charge is -2.25. The molecule has 0 spiro atoms. The Kier molecular flexibility index (Phi) is 4.78. The summed E-state index contributed by atoms with van der Waals surface area (Å²) in [6.07, 6.45) is 6.17. The fourth-order valence-electron chi connectivity index (χ4n) is 2.43. The molecule has 3 nitrogen and oxygen atoms in total. The van der Waals surface area contributed by atoms with E-state index in [9.17, 15) is 4.79 Å². The fraction of sp³-hybridized carbons (Fsp3) is 0.923. The first kappa shape index (κ1) is 13.5. The maximum Gasteiger partial charge on any atom is 0.224 e. The molecule has 3 heteroatoms. The molecule has 1 aliphatic rings.